The third-order valence-corrected chi connectivity index (χ3v) is 7.45. The first kappa shape index (κ1) is 26.6. The molecule has 0 saturated heterocycles. The molecule has 0 spiro atoms. The molecule has 0 bridgehead atoms. The van der Waals surface area contributed by atoms with Gasteiger partial charge in [0.15, 0.2) is 22.4 Å². The Kier molecular flexibility index (Phi) is 7.23. The standard InChI is InChI=1S/C31H33N3O4S/c1-31(2)17-22-27(24(35)18-31)28(19-15-25(36-3)29(38-5)26(16-19)37-4)34(23-14-10-9-13-21(23)33-22)30(39)32-20-11-7-6-8-12-20/h6-16,28,33H,17-18H2,1-5H3,(H,32,39)/t28-/m0/s1. The number of fused-ring (bicyclic) bond motifs is 1. The van der Waals surface area contributed by atoms with Crippen molar-refractivity contribution < 1.29 is 19.0 Å². The summed E-state index contributed by atoms with van der Waals surface area (Å²) in [6, 6.07) is 21.0. The van der Waals surface area contributed by atoms with Crippen molar-refractivity contribution in [3.63, 3.8) is 0 Å². The largest absolute Gasteiger partial charge is 0.493 e. The van der Waals surface area contributed by atoms with Crippen molar-refractivity contribution in [2.24, 2.45) is 5.41 Å². The van der Waals surface area contributed by atoms with Gasteiger partial charge in [0, 0.05) is 23.4 Å². The van der Waals surface area contributed by atoms with Gasteiger partial charge >= 0.3 is 0 Å². The predicted molar refractivity (Wildman–Crippen MR) is 159 cm³/mol. The van der Waals surface area contributed by atoms with E-state index in [1.165, 1.54) is 0 Å². The van der Waals surface area contributed by atoms with E-state index in [0.29, 0.717) is 34.4 Å². The van der Waals surface area contributed by atoms with E-state index in [4.69, 9.17) is 26.4 Å². The lowest BCUT2D eigenvalue weighted by atomic mass is 9.73. The monoisotopic (exact) mass is 543 g/mol. The fraction of sp³-hybridized carbons (Fsp3) is 0.290. The van der Waals surface area contributed by atoms with Gasteiger partial charge in [0.2, 0.25) is 5.75 Å². The highest BCUT2D eigenvalue weighted by atomic mass is 32.1. The van der Waals surface area contributed by atoms with Crippen LogP contribution in [0.5, 0.6) is 17.2 Å². The number of benzene rings is 3. The highest BCUT2D eigenvalue weighted by molar-refractivity contribution is 7.80. The van der Waals surface area contributed by atoms with E-state index < -0.39 is 6.04 Å². The number of carbonyl (C=O) groups excluding carboxylic acids is 1. The van der Waals surface area contributed by atoms with Gasteiger partial charge in [-0.15, -0.1) is 0 Å². The lowest BCUT2D eigenvalue weighted by Crippen LogP contribution is -2.41. The summed E-state index contributed by atoms with van der Waals surface area (Å²) in [6.07, 6.45) is 1.15. The molecule has 1 heterocycles. The van der Waals surface area contributed by atoms with Crippen LogP contribution < -0.4 is 29.7 Å². The van der Waals surface area contributed by atoms with Crippen molar-refractivity contribution in [2.45, 2.75) is 32.7 Å². The van der Waals surface area contributed by atoms with Crippen LogP contribution in [-0.4, -0.2) is 32.2 Å². The molecule has 202 valence electrons. The summed E-state index contributed by atoms with van der Waals surface area (Å²) < 4.78 is 17.0. The number of allylic oxidation sites excluding steroid dienone is 1. The average molecular weight is 544 g/mol. The quantitative estimate of drug-likeness (QED) is 0.344. The van der Waals surface area contributed by atoms with Gasteiger partial charge in [-0.3, -0.25) is 4.79 Å². The molecule has 1 aliphatic heterocycles. The Labute approximate surface area is 234 Å². The Balaban J connectivity index is 1.78. The first-order valence-electron chi connectivity index (χ1n) is 12.8. The summed E-state index contributed by atoms with van der Waals surface area (Å²) >= 11 is 6.08. The molecule has 0 radical (unpaired) electrons. The summed E-state index contributed by atoms with van der Waals surface area (Å²) in [5.41, 5.74) is 4.76. The number of methoxy groups -OCH3 is 3. The summed E-state index contributed by atoms with van der Waals surface area (Å²) in [7, 11) is 4.75. The van der Waals surface area contributed by atoms with Gasteiger partial charge < -0.3 is 29.7 Å². The van der Waals surface area contributed by atoms with Gasteiger partial charge in [0.25, 0.3) is 0 Å². The molecule has 0 unspecified atom stereocenters. The molecule has 2 aliphatic rings. The lowest BCUT2D eigenvalue weighted by molar-refractivity contribution is -0.118. The molecular formula is C31H33N3O4S. The van der Waals surface area contributed by atoms with Crippen LogP contribution in [0.25, 0.3) is 0 Å². The van der Waals surface area contributed by atoms with Crippen molar-refractivity contribution in [3.05, 3.63) is 83.6 Å². The van der Waals surface area contributed by atoms with Gasteiger partial charge in [-0.1, -0.05) is 44.2 Å². The van der Waals surface area contributed by atoms with Crippen molar-refractivity contribution >= 4 is 40.2 Å². The van der Waals surface area contributed by atoms with Crippen LogP contribution in [0.2, 0.25) is 0 Å². The molecule has 0 saturated carbocycles. The van der Waals surface area contributed by atoms with Crippen LogP contribution in [0.4, 0.5) is 17.1 Å². The predicted octanol–water partition coefficient (Wildman–Crippen LogP) is 6.73. The molecule has 3 aromatic rings. The fourth-order valence-electron chi connectivity index (χ4n) is 5.49. The molecule has 3 aromatic carbocycles. The summed E-state index contributed by atoms with van der Waals surface area (Å²) in [4.78, 5) is 16.0. The SMILES string of the molecule is COc1cc([C@H]2C3=C(CC(C)(C)CC3=O)Nc3ccccc3N2C(=S)Nc2ccccc2)cc(OC)c1OC. The molecule has 5 rings (SSSR count). The van der Waals surface area contributed by atoms with E-state index in [0.717, 1.165) is 34.7 Å². The summed E-state index contributed by atoms with van der Waals surface area (Å²) in [5.74, 6) is 1.57. The van der Waals surface area contributed by atoms with Crippen molar-refractivity contribution in [1.29, 1.82) is 0 Å². The molecule has 7 nitrogen and oxygen atoms in total. The number of anilines is 3. The van der Waals surface area contributed by atoms with E-state index in [1.807, 2.05) is 71.6 Å². The van der Waals surface area contributed by atoms with Gasteiger partial charge in [0.05, 0.1) is 38.7 Å². The van der Waals surface area contributed by atoms with Gasteiger partial charge in [-0.05, 0) is 66.0 Å². The summed E-state index contributed by atoms with van der Waals surface area (Å²) in [5, 5.41) is 7.47. The highest BCUT2D eigenvalue weighted by Crippen LogP contribution is 2.50. The highest BCUT2D eigenvalue weighted by Gasteiger charge is 2.43. The maximum absolute atomic E-state index is 14.0. The Bertz CT molecular complexity index is 1430. The summed E-state index contributed by atoms with van der Waals surface area (Å²) in [6.45, 7) is 4.25. The normalized spacial score (nSPS) is 17.8. The third-order valence-electron chi connectivity index (χ3n) is 7.15. The lowest BCUT2D eigenvalue weighted by Gasteiger charge is -2.38. The third kappa shape index (κ3) is 5.04. The Morgan fingerprint density at radius 2 is 1.59 bits per heavy atom. The molecule has 0 fully saturated rings. The molecule has 1 aliphatic carbocycles. The Morgan fingerprint density at radius 1 is 0.949 bits per heavy atom. The van der Waals surface area contributed by atoms with Gasteiger partial charge in [-0.25, -0.2) is 0 Å². The number of para-hydroxylation sites is 3. The van der Waals surface area contributed by atoms with Crippen molar-refractivity contribution in [2.75, 3.05) is 36.9 Å². The molecule has 0 amide bonds. The molecule has 8 heteroatoms. The van der Waals surface area contributed by atoms with E-state index in [9.17, 15) is 4.79 Å². The fourth-order valence-corrected chi connectivity index (χ4v) is 5.81. The minimum Gasteiger partial charge on any atom is -0.493 e. The van der Waals surface area contributed by atoms with Gasteiger partial charge in [0.1, 0.15) is 0 Å². The molecule has 0 aromatic heterocycles. The molecule has 39 heavy (non-hydrogen) atoms. The molecular weight excluding hydrogens is 510 g/mol. The zero-order valence-electron chi connectivity index (χ0n) is 22.8. The van der Waals surface area contributed by atoms with Gasteiger partial charge in [-0.2, -0.15) is 0 Å². The number of hydrogen-bond acceptors (Lipinski definition) is 6. The minimum absolute atomic E-state index is 0.0767. The second-order valence-corrected chi connectivity index (χ2v) is 10.9. The van der Waals surface area contributed by atoms with Crippen LogP contribution in [0, 0.1) is 5.41 Å². The van der Waals surface area contributed by atoms with Crippen LogP contribution in [0.3, 0.4) is 0 Å². The molecule has 1 atom stereocenters. The average Bonchev–Trinajstić information content (AvgIpc) is 3.06. The second kappa shape index (κ2) is 10.6. The number of nitrogens with one attached hydrogen (secondary N) is 2. The van der Waals surface area contributed by atoms with Crippen molar-refractivity contribution in [3.8, 4) is 17.2 Å². The smallest absolute Gasteiger partial charge is 0.203 e. The Morgan fingerprint density at radius 3 is 2.23 bits per heavy atom. The Hall–Kier alpha value is -4.04. The number of ether oxygens (including phenoxy) is 3. The number of ketones is 1. The maximum atomic E-state index is 14.0. The minimum atomic E-state index is -0.558. The number of nitrogens with zero attached hydrogens (tertiary/aromatic N) is 1. The number of thiocarbonyl (C=S) groups is 1. The second-order valence-electron chi connectivity index (χ2n) is 10.5. The zero-order chi connectivity index (χ0) is 27.7. The van der Waals surface area contributed by atoms with E-state index >= 15 is 0 Å². The van der Waals surface area contributed by atoms with E-state index in [1.54, 1.807) is 21.3 Å². The zero-order valence-corrected chi connectivity index (χ0v) is 23.6. The van der Waals surface area contributed by atoms with Crippen LogP contribution in [-0.2, 0) is 4.79 Å². The topological polar surface area (TPSA) is 72.1 Å². The van der Waals surface area contributed by atoms with E-state index in [2.05, 4.69) is 24.5 Å². The number of rotatable bonds is 5. The van der Waals surface area contributed by atoms with E-state index in [-0.39, 0.29) is 11.2 Å². The number of hydrogen-bond donors (Lipinski definition) is 2. The van der Waals surface area contributed by atoms with Crippen LogP contribution >= 0.6 is 12.2 Å². The van der Waals surface area contributed by atoms with Crippen molar-refractivity contribution in [1.82, 2.24) is 0 Å². The van der Waals surface area contributed by atoms with Crippen LogP contribution in [0.15, 0.2) is 78.0 Å². The number of carbonyl (C=O) groups is 1. The van der Waals surface area contributed by atoms with Crippen LogP contribution in [0.1, 0.15) is 38.3 Å². The maximum Gasteiger partial charge on any atom is 0.203 e. The molecule has 2 N–H and O–H groups in total. The first-order chi connectivity index (χ1) is 18.8. The first-order valence-corrected chi connectivity index (χ1v) is 13.2. The number of Topliss-reactive ketones (excluding diaryl/α,β-unsaturated/α-hetero) is 1.